The van der Waals surface area contributed by atoms with E-state index in [1.807, 2.05) is 73.1 Å². The average Bonchev–Trinajstić information content (AvgIpc) is 3.07. The molecule has 0 fully saturated rings. The largest absolute Gasteiger partial charge is 0.343 e. The number of hydrogen-bond acceptors (Lipinski definition) is 2. The summed E-state index contributed by atoms with van der Waals surface area (Å²) in [6, 6.07) is 15.0. The van der Waals surface area contributed by atoms with Crippen LogP contribution >= 0.6 is 11.6 Å². The lowest BCUT2D eigenvalue weighted by molar-refractivity contribution is 0.0930. The first-order valence-electron chi connectivity index (χ1n) is 8.26. The Morgan fingerprint density at radius 3 is 2.60 bits per heavy atom. The third-order valence-corrected chi connectivity index (χ3v) is 4.38. The number of nitrogens with zero attached hydrogens (tertiary/aromatic N) is 2. The number of hydrogen-bond donors (Lipinski definition) is 1. The quantitative estimate of drug-likeness (QED) is 0.721. The maximum absolute atomic E-state index is 12.7. The third kappa shape index (κ3) is 3.91. The first-order chi connectivity index (χ1) is 12.1. The zero-order chi connectivity index (χ0) is 17.8. The van der Waals surface area contributed by atoms with E-state index in [1.165, 1.54) is 0 Å². The Hall–Kier alpha value is -2.59. The van der Waals surface area contributed by atoms with Gasteiger partial charge in [0.1, 0.15) is 5.69 Å². The van der Waals surface area contributed by atoms with Crippen molar-refractivity contribution >= 4 is 17.5 Å². The highest BCUT2D eigenvalue weighted by Gasteiger charge is 2.17. The lowest BCUT2D eigenvalue weighted by Gasteiger charge is -2.14. The average molecular weight is 354 g/mol. The molecular weight excluding hydrogens is 334 g/mol. The van der Waals surface area contributed by atoms with E-state index >= 15 is 0 Å². The maximum Gasteiger partial charge on any atom is 0.268 e. The molecule has 0 saturated heterocycles. The molecule has 0 radical (unpaired) electrons. The molecule has 128 valence electrons. The summed E-state index contributed by atoms with van der Waals surface area (Å²) in [6.45, 7) is 4.67. The zero-order valence-electron chi connectivity index (χ0n) is 14.2. The van der Waals surface area contributed by atoms with E-state index in [4.69, 9.17) is 11.6 Å². The second-order valence-electron chi connectivity index (χ2n) is 5.86. The van der Waals surface area contributed by atoms with Crippen LogP contribution in [0.3, 0.4) is 0 Å². The van der Waals surface area contributed by atoms with Gasteiger partial charge in [-0.15, -0.1) is 0 Å². The zero-order valence-corrected chi connectivity index (χ0v) is 15.0. The normalized spacial score (nSPS) is 12.0. The number of aryl methyl sites for hydroxylation is 1. The Kier molecular flexibility index (Phi) is 5.19. The summed E-state index contributed by atoms with van der Waals surface area (Å²) >= 11 is 5.95. The van der Waals surface area contributed by atoms with Crippen LogP contribution in [0.5, 0.6) is 0 Å². The minimum Gasteiger partial charge on any atom is -0.343 e. The van der Waals surface area contributed by atoms with Gasteiger partial charge < -0.3 is 9.88 Å². The van der Waals surface area contributed by atoms with Gasteiger partial charge in [-0.05, 0) is 49.7 Å². The fraction of sp³-hybridized carbons (Fsp3) is 0.200. The van der Waals surface area contributed by atoms with Crippen LogP contribution in [0.2, 0.25) is 5.02 Å². The SMILES string of the molecule is CCn1cc(-c2ccc(Cl)cc2)cc1C(=O)N[C@H](C)c1ccccn1. The molecule has 1 atom stereocenters. The summed E-state index contributed by atoms with van der Waals surface area (Å²) in [4.78, 5) is 17.0. The highest BCUT2D eigenvalue weighted by molar-refractivity contribution is 6.30. The Morgan fingerprint density at radius 2 is 1.96 bits per heavy atom. The van der Waals surface area contributed by atoms with Crippen LogP contribution in [-0.2, 0) is 6.54 Å². The Balaban J connectivity index is 1.83. The van der Waals surface area contributed by atoms with Crippen molar-refractivity contribution in [2.45, 2.75) is 26.4 Å². The summed E-state index contributed by atoms with van der Waals surface area (Å²) in [5.74, 6) is -0.111. The van der Waals surface area contributed by atoms with Gasteiger partial charge >= 0.3 is 0 Å². The van der Waals surface area contributed by atoms with Crippen molar-refractivity contribution in [3.05, 3.63) is 77.3 Å². The highest BCUT2D eigenvalue weighted by Crippen LogP contribution is 2.24. The number of aromatic nitrogens is 2. The van der Waals surface area contributed by atoms with Gasteiger partial charge in [0.2, 0.25) is 0 Å². The molecule has 0 unspecified atom stereocenters. The van der Waals surface area contributed by atoms with Crippen LogP contribution < -0.4 is 5.32 Å². The van der Waals surface area contributed by atoms with Gasteiger partial charge in [0.05, 0.1) is 11.7 Å². The Morgan fingerprint density at radius 1 is 1.20 bits per heavy atom. The molecule has 0 spiro atoms. The smallest absolute Gasteiger partial charge is 0.268 e. The number of carbonyl (C=O) groups is 1. The molecule has 4 nitrogen and oxygen atoms in total. The monoisotopic (exact) mass is 353 g/mol. The van der Waals surface area contributed by atoms with E-state index in [1.54, 1.807) is 6.20 Å². The van der Waals surface area contributed by atoms with Crippen molar-refractivity contribution in [2.75, 3.05) is 0 Å². The van der Waals surface area contributed by atoms with Crippen molar-refractivity contribution in [3.63, 3.8) is 0 Å². The number of halogens is 1. The van der Waals surface area contributed by atoms with Crippen molar-refractivity contribution in [3.8, 4) is 11.1 Å². The lowest BCUT2D eigenvalue weighted by Crippen LogP contribution is -2.28. The van der Waals surface area contributed by atoms with E-state index in [2.05, 4.69) is 10.3 Å². The minimum absolute atomic E-state index is 0.111. The molecule has 25 heavy (non-hydrogen) atoms. The fourth-order valence-corrected chi connectivity index (χ4v) is 2.87. The standard InChI is InChI=1S/C20H20ClN3O/c1-3-24-13-16(15-7-9-17(21)10-8-15)12-19(24)20(25)23-14(2)18-6-4-5-11-22-18/h4-14H,3H2,1-2H3,(H,23,25)/t14-/m1/s1. The molecular formula is C20H20ClN3O. The molecule has 2 aromatic heterocycles. The molecule has 0 aliphatic carbocycles. The maximum atomic E-state index is 12.7. The third-order valence-electron chi connectivity index (χ3n) is 4.13. The molecule has 0 aliphatic heterocycles. The predicted octanol–water partition coefficient (Wildman–Crippen LogP) is 4.71. The number of nitrogens with one attached hydrogen (secondary N) is 1. The Labute approximate surface area is 152 Å². The van der Waals surface area contributed by atoms with Crippen LogP contribution in [0.1, 0.15) is 36.1 Å². The summed E-state index contributed by atoms with van der Waals surface area (Å²) < 4.78 is 1.95. The van der Waals surface area contributed by atoms with E-state index in [0.29, 0.717) is 17.3 Å². The Bertz CT molecular complexity index is 856. The van der Waals surface area contributed by atoms with Crippen molar-refractivity contribution in [1.82, 2.24) is 14.9 Å². The lowest BCUT2D eigenvalue weighted by atomic mass is 10.1. The first kappa shape index (κ1) is 17.2. The van der Waals surface area contributed by atoms with Crippen LogP contribution in [0.25, 0.3) is 11.1 Å². The van der Waals surface area contributed by atoms with Gasteiger partial charge in [-0.3, -0.25) is 9.78 Å². The number of pyridine rings is 1. The summed E-state index contributed by atoms with van der Waals surface area (Å²) in [7, 11) is 0. The molecule has 0 bridgehead atoms. The van der Waals surface area contributed by atoms with Gasteiger partial charge in [-0.2, -0.15) is 0 Å². The van der Waals surface area contributed by atoms with Crippen molar-refractivity contribution in [1.29, 1.82) is 0 Å². The van der Waals surface area contributed by atoms with Crippen LogP contribution in [-0.4, -0.2) is 15.5 Å². The van der Waals surface area contributed by atoms with Crippen molar-refractivity contribution in [2.24, 2.45) is 0 Å². The summed E-state index contributed by atoms with van der Waals surface area (Å²) in [6.07, 6.45) is 3.72. The van der Waals surface area contributed by atoms with Gasteiger partial charge in [0.15, 0.2) is 0 Å². The number of carbonyl (C=O) groups excluding carboxylic acids is 1. The van der Waals surface area contributed by atoms with Gasteiger partial charge in [-0.1, -0.05) is 29.8 Å². The second kappa shape index (κ2) is 7.53. The van der Waals surface area contributed by atoms with E-state index in [-0.39, 0.29) is 11.9 Å². The fourth-order valence-electron chi connectivity index (χ4n) is 2.74. The van der Waals surface area contributed by atoms with Gasteiger partial charge in [0, 0.05) is 29.5 Å². The van der Waals surface area contributed by atoms with E-state index < -0.39 is 0 Å². The minimum atomic E-state index is -0.159. The first-order valence-corrected chi connectivity index (χ1v) is 8.64. The topological polar surface area (TPSA) is 46.9 Å². The molecule has 3 aromatic rings. The van der Waals surface area contributed by atoms with Crippen LogP contribution in [0.15, 0.2) is 60.9 Å². The summed E-state index contributed by atoms with van der Waals surface area (Å²) in [5.41, 5.74) is 3.50. The molecule has 5 heteroatoms. The molecule has 0 aliphatic rings. The van der Waals surface area contributed by atoms with Crippen LogP contribution in [0, 0.1) is 0 Å². The van der Waals surface area contributed by atoms with Crippen LogP contribution in [0.4, 0.5) is 0 Å². The van der Waals surface area contributed by atoms with Gasteiger partial charge in [-0.25, -0.2) is 0 Å². The highest BCUT2D eigenvalue weighted by atomic mass is 35.5. The van der Waals surface area contributed by atoms with Crippen molar-refractivity contribution < 1.29 is 4.79 Å². The predicted molar refractivity (Wildman–Crippen MR) is 101 cm³/mol. The number of amides is 1. The second-order valence-corrected chi connectivity index (χ2v) is 6.29. The molecule has 2 heterocycles. The molecule has 1 amide bonds. The van der Waals surface area contributed by atoms with E-state index in [9.17, 15) is 4.79 Å². The number of rotatable bonds is 5. The van der Waals surface area contributed by atoms with Gasteiger partial charge in [0.25, 0.3) is 5.91 Å². The van der Waals surface area contributed by atoms with E-state index in [0.717, 1.165) is 16.8 Å². The molecule has 1 aromatic carbocycles. The molecule has 0 saturated carbocycles. The summed E-state index contributed by atoms with van der Waals surface area (Å²) in [5, 5.41) is 3.71. The number of benzene rings is 1. The molecule has 1 N–H and O–H groups in total. The molecule has 3 rings (SSSR count).